The fourth-order valence-corrected chi connectivity index (χ4v) is 4.77. The molecule has 128 valence electrons. The maximum atomic E-state index is 11.0. The molecule has 9 heteroatoms. The summed E-state index contributed by atoms with van der Waals surface area (Å²) in [4.78, 5) is 12.0. The Morgan fingerprint density at radius 3 is 2.76 bits per heavy atom. The third kappa shape index (κ3) is 2.89. The largest absolute Gasteiger partial charge is 0.512 e. The summed E-state index contributed by atoms with van der Waals surface area (Å²) in [6.45, 7) is 0. The van der Waals surface area contributed by atoms with Gasteiger partial charge in [0.05, 0.1) is 25.6 Å². The molecule has 2 aromatic heterocycles. The molecule has 0 aliphatic heterocycles. The summed E-state index contributed by atoms with van der Waals surface area (Å²) in [7, 11) is 0. The van der Waals surface area contributed by atoms with Gasteiger partial charge in [-0.3, -0.25) is 0 Å². The van der Waals surface area contributed by atoms with Crippen LogP contribution in [-0.4, -0.2) is 21.0 Å². The fourth-order valence-electron chi connectivity index (χ4n) is 2.92. The molecule has 5 nitrogen and oxygen atoms in total. The molecule has 1 N–H and O–H groups in total. The van der Waals surface area contributed by atoms with E-state index in [0.717, 1.165) is 28.1 Å². The van der Waals surface area contributed by atoms with Gasteiger partial charge in [-0.25, -0.2) is 9.48 Å². The zero-order chi connectivity index (χ0) is 17.7. The molecule has 4 rings (SSSR count). The van der Waals surface area contributed by atoms with Gasteiger partial charge in [0.1, 0.15) is 0 Å². The molecular formula is C16H9Cl3N2O3S. The van der Waals surface area contributed by atoms with Crippen molar-refractivity contribution in [1.82, 2.24) is 9.78 Å². The normalized spacial score (nSPS) is 12.6. The molecule has 0 fully saturated rings. The van der Waals surface area contributed by atoms with Gasteiger partial charge in [-0.15, -0.1) is 16.4 Å². The van der Waals surface area contributed by atoms with Crippen molar-refractivity contribution >= 4 is 52.3 Å². The van der Waals surface area contributed by atoms with Crippen molar-refractivity contribution in [2.24, 2.45) is 0 Å². The van der Waals surface area contributed by atoms with Gasteiger partial charge in [0.25, 0.3) is 0 Å². The van der Waals surface area contributed by atoms with E-state index >= 15 is 0 Å². The SMILES string of the molecule is O=C(O)Oc1nn(-c2ccc(Cl)cc2Cl)c2c1CCc1cc(Cl)sc1-2. The minimum atomic E-state index is -1.41. The molecule has 0 spiro atoms. The second-order valence-corrected chi connectivity index (χ2v) is 7.94. The number of aryl methyl sites for hydroxylation is 1. The average molecular weight is 416 g/mol. The van der Waals surface area contributed by atoms with E-state index in [1.807, 2.05) is 6.07 Å². The number of fused-ring (bicyclic) bond motifs is 3. The predicted octanol–water partition coefficient (Wildman–Crippen LogP) is 5.72. The standard InChI is InChI=1S/C16H9Cl3N2O3S/c17-8-2-4-11(10(18)6-8)21-13-9(15(20-21)24-16(22)23)3-1-7-5-12(19)25-14(7)13/h2,4-6H,1,3H2,(H,22,23). The molecular weight excluding hydrogens is 407 g/mol. The van der Waals surface area contributed by atoms with Gasteiger partial charge < -0.3 is 9.84 Å². The van der Waals surface area contributed by atoms with E-state index in [1.165, 1.54) is 11.3 Å². The first-order chi connectivity index (χ1) is 11.9. The lowest BCUT2D eigenvalue weighted by Crippen LogP contribution is -2.07. The number of ether oxygens (including phenoxy) is 1. The Morgan fingerprint density at radius 1 is 1.24 bits per heavy atom. The molecule has 0 atom stereocenters. The van der Waals surface area contributed by atoms with E-state index in [-0.39, 0.29) is 5.88 Å². The quantitative estimate of drug-likeness (QED) is 0.544. The molecule has 1 aliphatic rings. The maximum Gasteiger partial charge on any atom is 0.512 e. The van der Waals surface area contributed by atoms with Gasteiger partial charge >= 0.3 is 6.16 Å². The molecule has 2 heterocycles. The van der Waals surface area contributed by atoms with Gasteiger partial charge in [0.2, 0.25) is 5.88 Å². The van der Waals surface area contributed by atoms with Crippen LogP contribution >= 0.6 is 46.1 Å². The van der Waals surface area contributed by atoms with Gasteiger partial charge in [-0.1, -0.05) is 34.8 Å². The zero-order valence-corrected chi connectivity index (χ0v) is 15.5. The molecule has 1 aliphatic carbocycles. The molecule has 0 saturated carbocycles. The molecule has 3 aromatic rings. The van der Waals surface area contributed by atoms with Crippen molar-refractivity contribution < 1.29 is 14.6 Å². The van der Waals surface area contributed by atoms with E-state index in [0.29, 0.717) is 26.5 Å². The highest BCUT2D eigenvalue weighted by Crippen LogP contribution is 2.45. The number of carboxylic acid groups (broad SMARTS) is 1. The summed E-state index contributed by atoms with van der Waals surface area (Å²) < 4.78 is 7.14. The Kier molecular flexibility index (Phi) is 4.16. The minimum Gasteiger partial charge on any atom is -0.449 e. The van der Waals surface area contributed by atoms with Crippen molar-refractivity contribution in [1.29, 1.82) is 0 Å². The summed E-state index contributed by atoms with van der Waals surface area (Å²) >= 11 is 19.9. The van der Waals surface area contributed by atoms with Gasteiger partial charge in [0.15, 0.2) is 0 Å². The smallest absolute Gasteiger partial charge is 0.449 e. The van der Waals surface area contributed by atoms with Crippen LogP contribution in [0.2, 0.25) is 14.4 Å². The van der Waals surface area contributed by atoms with Crippen LogP contribution in [-0.2, 0) is 12.8 Å². The third-order valence-corrected chi connectivity index (χ3v) is 5.76. The number of carbonyl (C=O) groups is 1. The van der Waals surface area contributed by atoms with Crippen LogP contribution < -0.4 is 4.74 Å². The molecule has 0 bridgehead atoms. The van der Waals surface area contributed by atoms with Crippen LogP contribution in [0.25, 0.3) is 16.3 Å². The first-order valence-corrected chi connectivity index (χ1v) is 9.15. The van der Waals surface area contributed by atoms with Crippen molar-refractivity contribution in [3.8, 4) is 22.1 Å². The molecule has 0 radical (unpaired) electrons. The van der Waals surface area contributed by atoms with Crippen molar-refractivity contribution in [3.05, 3.63) is 49.8 Å². The van der Waals surface area contributed by atoms with Gasteiger partial charge in [-0.05, 0) is 42.7 Å². The number of hydrogen-bond donors (Lipinski definition) is 1. The number of benzene rings is 1. The summed E-state index contributed by atoms with van der Waals surface area (Å²) in [6.07, 6.45) is -0.0743. The lowest BCUT2D eigenvalue weighted by atomic mass is 9.96. The average Bonchev–Trinajstić information content (AvgIpc) is 3.06. The van der Waals surface area contributed by atoms with E-state index in [9.17, 15) is 4.79 Å². The Hall–Kier alpha value is -1.73. The molecule has 25 heavy (non-hydrogen) atoms. The molecule has 0 saturated heterocycles. The van der Waals surface area contributed by atoms with Gasteiger partial charge in [-0.2, -0.15) is 0 Å². The van der Waals surface area contributed by atoms with E-state index in [4.69, 9.17) is 44.6 Å². The predicted molar refractivity (Wildman–Crippen MR) is 98.0 cm³/mol. The molecule has 0 unspecified atom stereocenters. The highest BCUT2D eigenvalue weighted by molar-refractivity contribution is 7.19. The first-order valence-electron chi connectivity index (χ1n) is 7.20. The summed E-state index contributed by atoms with van der Waals surface area (Å²) in [5.41, 5.74) is 3.15. The number of halogens is 3. The number of nitrogens with zero attached hydrogens (tertiary/aromatic N) is 2. The topological polar surface area (TPSA) is 64.3 Å². The highest BCUT2D eigenvalue weighted by Gasteiger charge is 2.30. The summed E-state index contributed by atoms with van der Waals surface area (Å²) in [6, 6.07) is 6.95. The first kappa shape index (κ1) is 16.7. The van der Waals surface area contributed by atoms with Crippen LogP contribution in [0.3, 0.4) is 0 Å². The number of hydrogen-bond acceptors (Lipinski definition) is 4. The van der Waals surface area contributed by atoms with Crippen LogP contribution in [0.4, 0.5) is 4.79 Å². The van der Waals surface area contributed by atoms with Crippen LogP contribution in [0.1, 0.15) is 11.1 Å². The van der Waals surface area contributed by atoms with E-state index < -0.39 is 6.16 Å². The number of rotatable bonds is 2. The zero-order valence-electron chi connectivity index (χ0n) is 12.4. The highest BCUT2D eigenvalue weighted by atomic mass is 35.5. The van der Waals surface area contributed by atoms with Gasteiger partial charge in [0, 0.05) is 10.6 Å². The van der Waals surface area contributed by atoms with Crippen molar-refractivity contribution in [3.63, 3.8) is 0 Å². The van der Waals surface area contributed by atoms with Crippen LogP contribution in [0, 0.1) is 0 Å². The minimum absolute atomic E-state index is 0.0590. The van der Waals surface area contributed by atoms with Crippen molar-refractivity contribution in [2.45, 2.75) is 12.8 Å². The Balaban J connectivity index is 1.99. The molecule has 0 amide bonds. The Labute approximate surface area is 161 Å². The Bertz CT molecular complexity index is 1010. The lowest BCUT2D eigenvalue weighted by Gasteiger charge is -2.15. The van der Waals surface area contributed by atoms with Crippen LogP contribution in [0.15, 0.2) is 24.3 Å². The molecule has 1 aromatic carbocycles. The lowest BCUT2D eigenvalue weighted by molar-refractivity contribution is 0.142. The summed E-state index contributed by atoms with van der Waals surface area (Å²) in [5.74, 6) is 0.0590. The fraction of sp³-hybridized carbons (Fsp3) is 0.125. The number of thiophene rings is 1. The van der Waals surface area contributed by atoms with Crippen molar-refractivity contribution in [2.75, 3.05) is 0 Å². The monoisotopic (exact) mass is 414 g/mol. The third-order valence-electron chi connectivity index (χ3n) is 3.91. The second-order valence-electron chi connectivity index (χ2n) is 5.41. The van der Waals surface area contributed by atoms with E-state index in [1.54, 1.807) is 22.9 Å². The maximum absolute atomic E-state index is 11.0. The Morgan fingerprint density at radius 2 is 2.04 bits per heavy atom. The summed E-state index contributed by atoms with van der Waals surface area (Å²) in [5, 5.41) is 14.3. The number of aromatic nitrogens is 2. The van der Waals surface area contributed by atoms with E-state index in [2.05, 4.69) is 5.10 Å². The van der Waals surface area contributed by atoms with Crippen LogP contribution in [0.5, 0.6) is 5.88 Å². The second kappa shape index (κ2) is 6.21.